The Kier molecular flexibility index (Phi) is 6.79. The quantitative estimate of drug-likeness (QED) is 0.548. The van der Waals surface area contributed by atoms with Gasteiger partial charge in [-0.05, 0) is 54.1 Å². The third kappa shape index (κ3) is 5.72. The standard InChI is InChI=1S/C21H18BrFN2O3S/c22-17-6-12-20(13-7-17)29(27,28)25(14-16-4-2-1-3-5-16)15-21(26)24-19-10-8-18(23)9-11-19/h1-13H,14-15H2,(H,24,26). The van der Waals surface area contributed by atoms with Crippen molar-refractivity contribution in [1.82, 2.24) is 4.31 Å². The number of nitrogens with one attached hydrogen (secondary N) is 1. The first-order chi connectivity index (χ1) is 13.8. The highest BCUT2D eigenvalue weighted by Gasteiger charge is 2.27. The Morgan fingerprint density at radius 3 is 2.17 bits per heavy atom. The van der Waals surface area contributed by atoms with E-state index >= 15 is 0 Å². The minimum Gasteiger partial charge on any atom is -0.325 e. The van der Waals surface area contributed by atoms with Gasteiger partial charge in [0.05, 0.1) is 11.4 Å². The third-order valence-corrected chi connectivity index (χ3v) is 6.44. The van der Waals surface area contributed by atoms with Gasteiger partial charge in [0, 0.05) is 16.7 Å². The molecule has 1 amide bonds. The van der Waals surface area contributed by atoms with E-state index in [4.69, 9.17) is 0 Å². The average molecular weight is 477 g/mol. The van der Waals surface area contributed by atoms with Gasteiger partial charge in [-0.3, -0.25) is 4.79 Å². The first-order valence-electron chi connectivity index (χ1n) is 8.70. The summed E-state index contributed by atoms with van der Waals surface area (Å²) in [5.41, 5.74) is 1.14. The number of carbonyl (C=O) groups excluding carboxylic acids is 1. The highest BCUT2D eigenvalue weighted by atomic mass is 79.9. The molecule has 0 bridgehead atoms. The van der Waals surface area contributed by atoms with E-state index in [9.17, 15) is 17.6 Å². The lowest BCUT2D eigenvalue weighted by molar-refractivity contribution is -0.116. The number of sulfonamides is 1. The summed E-state index contributed by atoms with van der Waals surface area (Å²) in [5.74, 6) is -0.945. The smallest absolute Gasteiger partial charge is 0.243 e. The van der Waals surface area contributed by atoms with Crippen LogP contribution in [0, 0.1) is 5.82 Å². The Labute approximate surface area is 177 Å². The number of nitrogens with zero attached hydrogens (tertiary/aromatic N) is 1. The van der Waals surface area contributed by atoms with Gasteiger partial charge in [-0.25, -0.2) is 12.8 Å². The van der Waals surface area contributed by atoms with Crippen molar-refractivity contribution < 1.29 is 17.6 Å². The maximum Gasteiger partial charge on any atom is 0.243 e. The summed E-state index contributed by atoms with van der Waals surface area (Å²) >= 11 is 3.29. The second-order valence-electron chi connectivity index (χ2n) is 6.27. The van der Waals surface area contributed by atoms with Crippen LogP contribution >= 0.6 is 15.9 Å². The number of hydrogen-bond donors (Lipinski definition) is 1. The van der Waals surface area contributed by atoms with Crippen LogP contribution in [0.3, 0.4) is 0 Å². The van der Waals surface area contributed by atoms with Crippen molar-refractivity contribution in [2.45, 2.75) is 11.4 Å². The van der Waals surface area contributed by atoms with Gasteiger partial charge in [-0.2, -0.15) is 4.31 Å². The monoisotopic (exact) mass is 476 g/mol. The molecule has 0 radical (unpaired) electrons. The Bertz CT molecular complexity index is 1070. The van der Waals surface area contributed by atoms with Gasteiger partial charge in [0.15, 0.2) is 0 Å². The van der Waals surface area contributed by atoms with Crippen LogP contribution in [0.5, 0.6) is 0 Å². The molecule has 3 rings (SSSR count). The van der Waals surface area contributed by atoms with E-state index in [1.807, 2.05) is 6.07 Å². The van der Waals surface area contributed by atoms with Crippen molar-refractivity contribution >= 4 is 37.5 Å². The minimum atomic E-state index is -3.92. The molecule has 29 heavy (non-hydrogen) atoms. The molecule has 0 saturated heterocycles. The molecule has 5 nitrogen and oxygen atoms in total. The van der Waals surface area contributed by atoms with Crippen LogP contribution in [0.4, 0.5) is 10.1 Å². The predicted molar refractivity (Wildman–Crippen MR) is 113 cm³/mol. The molecular formula is C21H18BrFN2O3S. The van der Waals surface area contributed by atoms with Crippen molar-refractivity contribution in [2.24, 2.45) is 0 Å². The van der Waals surface area contributed by atoms with Crippen molar-refractivity contribution in [3.05, 3.63) is 94.7 Å². The number of benzene rings is 3. The maximum atomic E-state index is 13.2. The molecule has 0 heterocycles. The second-order valence-corrected chi connectivity index (χ2v) is 9.12. The molecule has 0 aliphatic heterocycles. The topological polar surface area (TPSA) is 66.5 Å². The van der Waals surface area contributed by atoms with Crippen LogP contribution in [0.15, 0.2) is 88.2 Å². The molecule has 0 spiro atoms. The van der Waals surface area contributed by atoms with Crippen LogP contribution in [0.25, 0.3) is 0 Å². The van der Waals surface area contributed by atoms with Gasteiger partial charge in [0.1, 0.15) is 5.82 Å². The summed E-state index contributed by atoms with van der Waals surface area (Å²) in [6.45, 7) is -0.346. The first-order valence-corrected chi connectivity index (χ1v) is 10.9. The average Bonchev–Trinajstić information content (AvgIpc) is 2.70. The molecule has 0 aromatic heterocycles. The van der Waals surface area contributed by atoms with Gasteiger partial charge >= 0.3 is 0 Å². The van der Waals surface area contributed by atoms with Gasteiger partial charge in [-0.15, -0.1) is 0 Å². The molecule has 0 saturated carbocycles. The van der Waals surface area contributed by atoms with Crippen molar-refractivity contribution in [3.63, 3.8) is 0 Å². The highest BCUT2D eigenvalue weighted by Crippen LogP contribution is 2.21. The van der Waals surface area contributed by atoms with Gasteiger partial charge in [0.2, 0.25) is 15.9 Å². The van der Waals surface area contributed by atoms with E-state index in [1.54, 1.807) is 36.4 Å². The number of amides is 1. The molecule has 0 aliphatic carbocycles. The van der Waals surface area contributed by atoms with Crippen LogP contribution in [-0.2, 0) is 21.4 Å². The zero-order chi connectivity index (χ0) is 20.9. The van der Waals surface area contributed by atoms with E-state index in [2.05, 4.69) is 21.2 Å². The molecule has 150 valence electrons. The molecular weight excluding hydrogens is 459 g/mol. The van der Waals surface area contributed by atoms with Gasteiger partial charge in [-0.1, -0.05) is 46.3 Å². The van der Waals surface area contributed by atoms with E-state index in [0.717, 1.165) is 14.3 Å². The molecule has 3 aromatic carbocycles. The first kappa shape index (κ1) is 21.2. The highest BCUT2D eigenvalue weighted by molar-refractivity contribution is 9.10. The summed E-state index contributed by atoms with van der Waals surface area (Å²) in [5, 5.41) is 2.60. The zero-order valence-corrected chi connectivity index (χ0v) is 17.7. The third-order valence-electron chi connectivity index (χ3n) is 4.10. The van der Waals surface area contributed by atoms with E-state index < -0.39 is 21.7 Å². The number of hydrogen-bond acceptors (Lipinski definition) is 3. The lowest BCUT2D eigenvalue weighted by Crippen LogP contribution is -2.37. The van der Waals surface area contributed by atoms with Crippen LogP contribution in [0.1, 0.15) is 5.56 Å². The summed E-state index contributed by atoms with van der Waals surface area (Å²) in [7, 11) is -3.92. The summed E-state index contributed by atoms with van der Waals surface area (Å²) in [6.07, 6.45) is 0. The van der Waals surface area contributed by atoms with Crippen molar-refractivity contribution in [1.29, 1.82) is 0 Å². The number of anilines is 1. The fraction of sp³-hybridized carbons (Fsp3) is 0.0952. The molecule has 0 atom stereocenters. The Balaban J connectivity index is 1.85. The van der Waals surface area contributed by atoms with Crippen LogP contribution in [0.2, 0.25) is 0 Å². The van der Waals surface area contributed by atoms with Crippen LogP contribution < -0.4 is 5.32 Å². The fourth-order valence-corrected chi connectivity index (χ4v) is 4.31. The molecule has 0 fully saturated rings. The van der Waals surface area contributed by atoms with Gasteiger partial charge in [0.25, 0.3) is 0 Å². The summed E-state index contributed by atoms with van der Waals surface area (Å²) in [6, 6.07) is 20.5. The number of rotatable bonds is 7. The molecule has 0 aliphatic rings. The van der Waals surface area contributed by atoms with E-state index in [-0.39, 0.29) is 18.0 Å². The fourth-order valence-electron chi connectivity index (χ4n) is 2.66. The van der Waals surface area contributed by atoms with Crippen molar-refractivity contribution in [3.8, 4) is 0 Å². The van der Waals surface area contributed by atoms with E-state index in [1.165, 1.54) is 36.4 Å². The van der Waals surface area contributed by atoms with E-state index in [0.29, 0.717) is 5.69 Å². The lowest BCUT2D eigenvalue weighted by Gasteiger charge is -2.22. The van der Waals surface area contributed by atoms with Crippen LogP contribution in [-0.4, -0.2) is 25.2 Å². The Hall–Kier alpha value is -2.55. The predicted octanol–water partition coefficient (Wildman–Crippen LogP) is 4.42. The molecule has 1 N–H and O–H groups in total. The Morgan fingerprint density at radius 1 is 0.931 bits per heavy atom. The molecule has 3 aromatic rings. The second kappa shape index (κ2) is 9.30. The number of halogens is 2. The molecule has 0 unspecified atom stereocenters. The van der Waals surface area contributed by atoms with Crippen molar-refractivity contribution in [2.75, 3.05) is 11.9 Å². The lowest BCUT2D eigenvalue weighted by atomic mass is 10.2. The summed E-state index contributed by atoms with van der Waals surface area (Å²) in [4.78, 5) is 12.6. The Morgan fingerprint density at radius 2 is 1.55 bits per heavy atom. The normalized spacial score (nSPS) is 11.4. The summed E-state index contributed by atoms with van der Waals surface area (Å²) < 4.78 is 41.2. The SMILES string of the molecule is O=C(CN(Cc1ccccc1)S(=O)(=O)c1ccc(Br)cc1)Nc1ccc(F)cc1. The minimum absolute atomic E-state index is 0.0378. The number of carbonyl (C=O) groups is 1. The van der Waals surface area contributed by atoms with Gasteiger partial charge < -0.3 is 5.32 Å². The zero-order valence-electron chi connectivity index (χ0n) is 15.3. The maximum absolute atomic E-state index is 13.2. The largest absolute Gasteiger partial charge is 0.325 e. The molecule has 8 heteroatoms.